The highest BCUT2D eigenvalue weighted by atomic mass is 16.3. The third kappa shape index (κ3) is 1.60. The minimum absolute atomic E-state index is 0.172. The molecular weight excluding hydrogens is 176 g/mol. The minimum Gasteiger partial charge on any atom is -0.388 e. The Kier molecular flexibility index (Phi) is 2.19. The third-order valence-electron chi connectivity index (χ3n) is 3.06. The zero-order valence-electron chi connectivity index (χ0n) is 8.62. The van der Waals surface area contributed by atoms with Crippen molar-refractivity contribution in [2.45, 2.75) is 38.3 Å². The standard InChI is InChI=1S/C11H16N2O/c1-8-4-6-12-7-9(8)13-10-3-5-11(10,2)14/h4,6-7,10,13-14H,3,5H2,1-2H3/t10-,11-/m0/s1. The van der Waals surface area contributed by atoms with Crippen LogP contribution in [0.3, 0.4) is 0 Å². The van der Waals surface area contributed by atoms with E-state index in [1.54, 1.807) is 6.20 Å². The lowest BCUT2D eigenvalue weighted by Gasteiger charge is -2.43. The average molecular weight is 192 g/mol. The van der Waals surface area contributed by atoms with Gasteiger partial charge in [-0.05, 0) is 38.3 Å². The molecule has 0 aliphatic heterocycles. The number of pyridine rings is 1. The molecule has 0 radical (unpaired) electrons. The predicted molar refractivity (Wildman–Crippen MR) is 56.2 cm³/mol. The highest BCUT2D eigenvalue weighted by Gasteiger charge is 2.40. The fourth-order valence-corrected chi connectivity index (χ4v) is 1.74. The predicted octanol–water partition coefficient (Wildman–Crippen LogP) is 1.72. The first-order valence-corrected chi connectivity index (χ1v) is 4.99. The van der Waals surface area contributed by atoms with Gasteiger partial charge in [-0.15, -0.1) is 0 Å². The first kappa shape index (κ1) is 9.46. The van der Waals surface area contributed by atoms with E-state index >= 15 is 0 Å². The van der Waals surface area contributed by atoms with Crippen LogP contribution in [0.4, 0.5) is 5.69 Å². The van der Waals surface area contributed by atoms with Gasteiger partial charge in [-0.3, -0.25) is 4.98 Å². The highest BCUT2D eigenvalue weighted by Crippen LogP contribution is 2.34. The number of aliphatic hydroxyl groups is 1. The van der Waals surface area contributed by atoms with E-state index in [1.165, 1.54) is 5.56 Å². The number of aryl methyl sites for hydroxylation is 1. The van der Waals surface area contributed by atoms with Gasteiger partial charge in [0.25, 0.3) is 0 Å². The average Bonchev–Trinajstić information content (AvgIpc) is 2.15. The van der Waals surface area contributed by atoms with E-state index in [-0.39, 0.29) is 6.04 Å². The molecule has 0 spiro atoms. The Hall–Kier alpha value is -1.09. The van der Waals surface area contributed by atoms with Gasteiger partial charge in [-0.25, -0.2) is 0 Å². The zero-order chi connectivity index (χ0) is 10.2. The van der Waals surface area contributed by atoms with Crippen LogP contribution in [0.5, 0.6) is 0 Å². The molecule has 1 aliphatic rings. The zero-order valence-corrected chi connectivity index (χ0v) is 8.62. The molecule has 1 fully saturated rings. The van der Waals surface area contributed by atoms with Crippen LogP contribution in [0, 0.1) is 6.92 Å². The van der Waals surface area contributed by atoms with Crippen molar-refractivity contribution in [2.75, 3.05) is 5.32 Å². The van der Waals surface area contributed by atoms with Gasteiger partial charge in [-0.2, -0.15) is 0 Å². The molecule has 2 rings (SSSR count). The molecule has 0 bridgehead atoms. The lowest BCUT2D eigenvalue weighted by atomic mass is 9.76. The summed E-state index contributed by atoms with van der Waals surface area (Å²) >= 11 is 0. The summed E-state index contributed by atoms with van der Waals surface area (Å²) < 4.78 is 0. The molecule has 0 unspecified atom stereocenters. The third-order valence-corrected chi connectivity index (χ3v) is 3.06. The summed E-state index contributed by atoms with van der Waals surface area (Å²) in [6.45, 7) is 3.91. The Morgan fingerprint density at radius 1 is 1.64 bits per heavy atom. The van der Waals surface area contributed by atoms with E-state index in [0.717, 1.165) is 18.5 Å². The summed E-state index contributed by atoms with van der Waals surface area (Å²) in [7, 11) is 0. The van der Waals surface area contributed by atoms with Crippen LogP contribution in [-0.4, -0.2) is 21.7 Å². The van der Waals surface area contributed by atoms with Crippen LogP contribution in [0.25, 0.3) is 0 Å². The van der Waals surface area contributed by atoms with Crippen molar-refractivity contribution in [3.05, 3.63) is 24.0 Å². The van der Waals surface area contributed by atoms with Crippen LogP contribution in [0.2, 0.25) is 0 Å². The molecule has 0 aromatic carbocycles. The summed E-state index contributed by atoms with van der Waals surface area (Å²) in [5, 5.41) is 13.2. The molecule has 2 N–H and O–H groups in total. The molecule has 1 heterocycles. The molecule has 0 amide bonds. The number of nitrogens with one attached hydrogen (secondary N) is 1. The molecule has 1 aromatic rings. The van der Waals surface area contributed by atoms with Crippen molar-refractivity contribution in [3.63, 3.8) is 0 Å². The highest BCUT2D eigenvalue weighted by molar-refractivity contribution is 5.49. The maximum absolute atomic E-state index is 9.84. The topological polar surface area (TPSA) is 45.2 Å². The molecule has 1 aromatic heterocycles. The SMILES string of the molecule is Cc1ccncc1N[C@H]1CC[C@]1(C)O. The van der Waals surface area contributed by atoms with Gasteiger partial charge >= 0.3 is 0 Å². The van der Waals surface area contributed by atoms with E-state index in [9.17, 15) is 5.11 Å². The Bertz CT molecular complexity index is 336. The fraction of sp³-hybridized carbons (Fsp3) is 0.545. The molecule has 2 atom stereocenters. The smallest absolute Gasteiger partial charge is 0.0820 e. The van der Waals surface area contributed by atoms with Crippen LogP contribution in [0.15, 0.2) is 18.5 Å². The number of anilines is 1. The summed E-state index contributed by atoms with van der Waals surface area (Å²) in [6, 6.07) is 2.14. The molecule has 1 aliphatic carbocycles. The van der Waals surface area contributed by atoms with Crippen molar-refractivity contribution in [1.82, 2.24) is 4.98 Å². The quantitative estimate of drug-likeness (QED) is 0.750. The fourth-order valence-electron chi connectivity index (χ4n) is 1.74. The van der Waals surface area contributed by atoms with Crippen molar-refractivity contribution in [3.8, 4) is 0 Å². The summed E-state index contributed by atoms with van der Waals surface area (Å²) in [6.07, 6.45) is 5.49. The Balaban J connectivity index is 2.08. The van der Waals surface area contributed by atoms with E-state index in [1.807, 2.05) is 26.1 Å². The number of aromatic nitrogens is 1. The Morgan fingerprint density at radius 2 is 2.43 bits per heavy atom. The largest absolute Gasteiger partial charge is 0.388 e. The lowest BCUT2D eigenvalue weighted by molar-refractivity contribution is -0.0286. The molecule has 76 valence electrons. The normalized spacial score (nSPS) is 30.9. The first-order valence-electron chi connectivity index (χ1n) is 4.99. The molecule has 0 saturated heterocycles. The van der Waals surface area contributed by atoms with Gasteiger partial charge in [0.2, 0.25) is 0 Å². The lowest BCUT2D eigenvalue weighted by Crippen LogP contribution is -2.53. The number of rotatable bonds is 2. The van der Waals surface area contributed by atoms with Gasteiger partial charge in [0.05, 0.1) is 23.5 Å². The minimum atomic E-state index is -0.553. The first-order chi connectivity index (χ1) is 6.59. The monoisotopic (exact) mass is 192 g/mol. The van der Waals surface area contributed by atoms with Gasteiger partial charge in [0, 0.05) is 6.20 Å². The van der Waals surface area contributed by atoms with Crippen molar-refractivity contribution < 1.29 is 5.11 Å². The van der Waals surface area contributed by atoms with Crippen LogP contribution >= 0.6 is 0 Å². The second-order valence-corrected chi connectivity index (χ2v) is 4.28. The second kappa shape index (κ2) is 3.24. The van der Waals surface area contributed by atoms with Gasteiger partial charge < -0.3 is 10.4 Å². The van der Waals surface area contributed by atoms with E-state index < -0.39 is 5.60 Å². The molecular formula is C11H16N2O. The van der Waals surface area contributed by atoms with Crippen molar-refractivity contribution >= 4 is 5.69 Å². The Labute approximate surface area is 84.2 Å². The van der Waals surface area contributed by atoms with Crippen molar-refractivity contribution in [1.29, 1.82) is 0 Å². The molecule has 3 nitrogen and oxygen atoms in total. The Morgan fingerprint density at radius 3 is 2.93 bits per heavy atom. The van der Waals surface area contributed by atoms with Gasteiger partial charge in [-0.1, -0.05) is 0 Å². The maximum Gasteiger partial charge on any atom is 0.0820 e. The van der Waals surface area contributed by atoms with Crippen molar-refractivity contribution in [2.24, 2.45) is 0 Å². The summed E-state index contributed by atoms with van der Waals surface area (Å²) in [5.74, 6) is 0. The van der Waals surface area contributed by atoms with Gasteiger partial charge in [0.15, 0.2) is 0 Å². The van der Waals surface area contributed by atoms with Crippen LogP contribution < -0.4 is 5.32 Å². The van der Waals surface area contributed by atoms with E-state index in [0.29, 0.717) is 0 Å². The number of hydrogen-bond acceptors (Lipinski definition) is 3. The van der Waals surface area contributed by atoms with Crippen LogP contribution in [0.1, 0.15) is 25.3 Å². The van der Waals surface area contributed by atoms with Crippen LogP contribution in [-0.2, 0) is 0 Å². The summed E-state index contributed by atoms with van der Waals surface area (Å²) in [4.78, 5) is 4.06. The molecule has 14 heavy (non-hydrogen) atoms. The van der Waals surface area contributed by atoms with E-state index in [4.69, 9.17) is 0 Å². The molecule has 1 saturated carbocycles. The molecule has 3 heteroatoms. The maximum atomic E-state index is 9.84. The van der Waals surface area contributed by atoms with E-state index in [2.05, 4.69) is 10.3 Å². The number of nitrogens with zero attached hydrogens (tertiary/aromatic N) is 1. The number of hydrogen-bond donors (Lipinski definition) is 2. The summed E-state index contributed by atoms with van der Waals surface area (Å²) in [5.41, 5.74) is 1.64. The second-order valence-electron chi connectivity index (χ2n) is 4.28. The van der Waals surface area contributed by atoms with Gasteiger partial charge in [0.1, 0.15) is 0 Å².